The molecule has 1 saturated heterocycles. The van der Waals surface area contributed by atoms with Crippen molar-refractivity contribution in [3.63, 3.8) is 0 Å². The minimum Gasteiger partial charge on any atom is -0.340 e. The van der Waals surface area contributed by atoms with Crippen LogP contribution in [0.4, 0.5) is 5.69 Å². The van der Waals surface area contributed by atoms with E-state index in [0.717, 1.165) is 51.8 Å². The highest BCUT2D eigenvalue weighted by molar-refractivity contribution is 8.18. The maximum atomic E-state index is 13.5. The van der Waals surface area contributed by atoms with Gasteiger partial charge in [0.1, 0.15) is 0 Å². The lowest BCUT2D eigenvalue weighted by atomic mass is 10.1. The Morgan fingerprint density at radius 1 is 0.914 bits per heavy atom. The van der Waals surface area contributed by atoms with Crippen molar-refractivity contribution in [1.82, 2.24) is 9.47 Å². The number of para-hydroxylation sites is 2. The Bertz CT molecular complexity index is 1400. The van der Waals surface area contributed by atoms with Crippen molar-refractivity contribution in [2.75, 3.05) is 6.54 Å². The van der Waals surface area contributed by atoms with Crippen molar-refractivity contribution in [3.8, 4) is 0 Å². The molecule has 0 radical (unpaired) electrons. The third kappa shape index (κ3) is 4.82. The van der Waals surface area contributed by atoms with Gasteiger partial charge in [-0.3, -0.25) is 9.69 Å². The molecule has 3 aromatic carbocycles. The number of nitrogens with zero attached hydrogens (tertiary/aromatic N) is 3. The topological polar surface area (TPSA) is 37.6 Å². The Morgan fingerprint density at radius 2 is 1.60 bits per heavy atom. The van der Waals surface area contributed by atoms with Crippen LogP contribution >= 0.6 is 11.8 Å². The van der Waals surface area contributed by atoms with Gasteiger partial charge in [0.25, 0.3) is 5.91 Å². The standard InChI is InChI=1S/C30H29N3OS/c1-3-4-19-32-29(34)28(35-30(32)31-24-15-9-6-10-16-24)20-26-22(2)33(21-23-13-7-5-8-14-23)27-18-12-11-17-25(26)27/h5-18,20H,3-4,19,21H2,1-2H3/b28-20+,31-30?. The zero-order chi connectivity index (χ0) is 24.2. The van der Waals surface area contributed by atoms with Crippen molar-refractivity contribution >= 4 is 45.5 Å². The second-order valence-electron chi connectivity index (χ2n) is 8.74. The van der Waals surface area contributed by atoms with Gasteiger partial charge in [0.2, 0.25) is 0 Å². The summed E-state index contributed by atoms with van der Waals surface area (Å²) in [6.45, 7) is 5.76. The van der Waals surface area contributed by atoms with E-state index in [9.17, 15) is 4.79 Å². The number of amides is 1. The van der Waals surface area contributed by atoms with Gasteiger partial charge in [0.15, 0.2) is 5.17 Å². The van der Waals surface area contributed by atoms with E-state index < -0.39 is 0 Å². The number of hydrogen-bond donors (Lipinski definition) is 0. The fraction of sp³-hybridized carbons (Fsp3) is 0.200. The fourth-order valence-corrected chi connectivity index (χ4v) is 5.46. The number of benzene rings is 3. The van der Waals surface area contributed by atoms with Gasteiger partial charge < -0.3 is 4.57 Å². The molecular formula is C30H29N3OS. The lowest BCUT2D eigenvalue weighted by molar-refractivity contribution is -0.122. The molecule has 1 aliphatic heterocycles. The summed E-state index contributed by atoms with van der Waals surface area (Å²) in [5.41, 5.74) is 5.55. The number of fused-ring (bicyclic) bond motifs is 1. The quantitative estimate of drug-likeness (QED) is 0.259. The van der Waals surface area contributed by atoms with Gasteiger partial charge in [-0.15, -0.1) is 0 Å². The van der Waals surface area contributed by atoms with E-state index in [0.29, 0.717) is 6.54 Å². The Labute approximate surface area is 211 Å². The highest BCUT2D eigenvalue weighted by atomic mass is 32.2. The van der Waals surface area contributed by atoms with Gasteiger partial charge in [0, 0.05) is 35.2 Å². The Hall–Kier alpha value is -3.57. The van der Waals surface area contributed by atoms with Gasteiger partial charge in [-0.25, -0.2) is 4.99 Å². The minimum atomic E-state index is 0.0393. The van der Waals surface area contributed by atoms with Crippen molar-refractivity contribution in [3.05, 3.63) is 107 Å². The summed E-state index contributed by atoms with van der Waals surface area (Å²) in [5, 5.41) is 1.92. The molecule has 0 N–H and O–H groups in total. The van der Waals surface area contributed by atoms with Crippen molar-refractivity contribution in [2.45, 2.75) is 33.2 Å². The maximum absolute atomic E-state index is 13.5. The third-order valence-electron chi connectivity index (χ3n) is 6.34. The molecule has 0 unspecified atom stereocenters. The number of aromatic nitrogens is 1. The lowest BCUT2D eigenvalue weighted by Gasteiger charge is -2.14. The van der Waals surface area contributed by atoms with E-state index in [-0.39, 0.29) is 5.91 Å². The van der Waals surface area contributed by atoms with Crippen LogP contribution in [0.15, 0.2) is 94.8 Å². The molecule has 1 fully saturated rings. The van der Waals surface area contributed by atoms with E-state index in [2.05, 4.69) is 73.0 Å². The minimum absolute atomic E-state index is 0.0393. The Kier molecular flexibility index (Phi) is 6.87. The number of rotatable bonds is 7. The monoisotopic (exact) mass is 479 g/mol. The van der Waals surface area contributed by atoms with Crippen LogP contribution < -0.4 is 0 Å². The molecule has 4 nitrogen and oxygen atoms in total. The molecule has 0 aliphatic carbocycles. The summed E-state index contributed by atoms with van der Waals surface area (Å²) in [5.74, 6) is 0.0393. The number of carbonyl (C=O) groups excluding carboxylic acids is 1. The molecule has 1 aliphatic rings. The summed E-state index contributed by atoms with van der Waals surface area (Å²) >= 11 is 1.48. The molecule has 1 amide bonds. The molecule has 4 aromatic rings. The first kappa shape index (κ1) is 23.2. The molecule has 35 heavy (non-hydrogen) atoms. The molecule has 0 saturated carbocycles. The summed E-state index contributed by atoms with van der Waals surface area (Å²) in [6.07, 6.45) is 4.04. The highest BCUT2D eigenvalue weighted by Gasteiger charge is 2.33. The van der Waals surface area contributed by atoms with E-state index in [1.165, 1.54) is 22.8 Å². The van der Waals surface area contributed by atoms with Crippen LogP contribution in [0, 0.1) is 6.92 Å². The molecule has 0 bridgehead atoms. The summed E-state index contributed by atoms with van der Waals surface area (Å²) < 4.78 is 2.34. The lowest BCUT2D eigenvalue weighted by Crippen LogP contribution is -2.30. The second-order valence-corrected chi connectivity index (χ2v) is 9.75. The first-order valence-corrected chi connectivity index (χ1v) is 12.9. The van der Waals surface area contributed by atoms with E-state index in [4.69, 9.17) is 4.99 Å². The Balaban J connectivity index is 1.56. The predicted octanol–water partition coefficient (Wildman–Crippen LogP) is 7.40. The van der Waals surface area contributed by atoms with Crippen LogP contribution in [0.25, 0.3) is 17.0 Å². The molecule has 1 aromatic heterocycles. The Morgan fingerprint density at radius 3 is 2.34 bits per heavy atom. The number of aliphatic imine (C=N–C) groups is 1. The summed E-state index contributed by atoms with van der Waals surface area (Å²) in [6, 6.07) is 28.8. The average Bonchev–Trinajstić information content (AvgIpc) is 3.32. The van der Waals surface area contributed by atoms with Gasteiger partial charge in [0.05, 0.1) is 10.6 Å². The number of carbonyl (C=O) groups is 1. The molecule has 176 valence electrons. The fourth-order valence-electron chi connectivity index (χ4n) is 4.46. The summed E-state index contributed by atoms with van der Waals surface area (Å²) in [7, 11) is 0. The first-order valence-electron chi connectivity index (χ1n) is 12.1. The normalized spacial score (nSPS) is 16.2. The van der Waals surface area contributed by atoms with Gasteiger partial charge in [-0.05, 0) is 54.9 Å². The van der Waals surface area contributed by atoms with Gasteiger partial charge in [-0.1, -0.05) is 80.1 Å². The van der Waals surface area contributed by atoms with Crippen molar-refractivity contribution < 1.29 is 4.79 Å². The van der Waals surface area contributed by atoms with Gasteiger partial charge in [-0.2, -0.15) is 0 Å². The second kappa shape index (κ2) is 10.4. The molecule has 2 heterocycles. The molecule has 0 spiro atoms. The maximum Gasteiger partial charge on any atom is 0.266 e. The molecule has 5 rings (SSSR count). The van der Waals surface area contributed by atoms with Crippen LogP contribution in [0.2, 0.25) is 0 Å². The van der Waals surface area contributed by atoms with E-state index in [1.54, 1.807) is 0 Å². The smallest absolute Gasteiger partial charge is 0.266 e. The van der Waals surface area contributed by atoms with E-state index >= 15 is 0 Å². The average molecular weight is 480 g/mol. The highest BCUT2D eigenvalue weighted by Crippen LogP contribution is 2.37. The van der Waals surface area contributed by atoms with E-state index in [1.807, 2.05) is 41.3 Å². The van der Waals surface area contributed by atoms with Crippen molar-refractivity contribution in [1.29, 1.82) is 0 Å². The molecule has 5 heteroatoms. The SMILES string of the molecule is CCCCN1C(=O)/C(=C\c2c(C)n(Cc3ccccc3)c3ccccc23)SC1=Nc1ccccc1. The predicted molar refractivity (Wildman–Crippen MR) is 148 cm³/mol. The number of thioether (sulfide) groups is 1. The van der Waals surface area contributed by atoms with Crippen LogP contribution in [0.1, 0.15) is 36.6 Å². The third-order valence-corrected chi connectivity index (χ3v) is 7.35. The number of hydrogen-bond acceptors (Lipinski definition) is 3. The summed E-state index contributed by atoms with van der Waals surface area (Å²) in [4.78, 5) is 20.9. The molecule has 0 atom stereocenters. The zero-order valence-corrected chi connectivity index (χ0v) is 21.0. The van der Waals surface area contributed by atoms with Crippen LogP contribution in [0.3, 0.4) is 0 Å². The number of unbranched alkanes of at least 4 members (excludes halogenated alkanes) is 1. The number of amidine groups is 1. The largest absolute Gasteiger partial charge is 0.340 e. The van der Waals surface area contributed by atoms with Crippen LogP contribution in [-0.4, -0.2) is 27.1 Å². The van der Waals surface area contributed by atoms with Gasteiger partial charge >= 0.3 is 0 Å². The van der Waals surface area contributed by atoms with Crippen LogP contribution in [-0.2, 0) is 11.3 Å². The van der Waals surface area contributed by atoms with Crippen molar-refractivity contribution in [2.24, 2.45) is 4.99 Å². The zero-order valence-electron chi connectivity index (χ0n) is 20.1. The first-order chi connectivity index (χ1) is 17.2. The molecular weight excluding hydrogens is 450 g/mol. The van der Waals surface area contributed by atoms with Crippen LogP contribution in [0.5, 0.6) is 0 Å².